The highest BCUT2D eigenvalue weighted by Gasteiger charge is 2.09. The van der Waals surface area contributed by atoms with Crippen molar-refractivity contribution in [2.45, 2.75) is 0 Å². The first-order valence-corrected chi connectivity index (χ1v) is 6.22. The quantitative estimate of drug-likeness (QED) is 0.664. The fourth-order valence-corrected chi connectivity index (χ4v) is 2.48. The van der Waals surface area contributed by atoms with E-state index in [0.717, 1.165) is 13.1 Å². The molecule has 7 heteroatoms. The zero-order valence-corrected chi connectivity index (χ0v) is 9.39. The van der Waals surface area contributed by atoms with Crippen molar-refractivity contribution in [3.63, 3.8) is 0 Å². The maximum Gasteiger partial charge on any atom is 0.243 e. The summed E-state index contributed by atoms with van der Waals surface area (Å²) in [5.74, 6) is 3.42. The molecule has 2 rings (SSSR count). The van der Waals surface area contributed by atoms with Gasteiger partial charge < -0.3 is 11.1 Å². The number of nitrogen functional groups attached to an aromatic ring is 1. The molecule has 1 aromatic heterocycles. The van der Waals surface area contributed by atoms with Gasteiger partial charge in [-0.15, -0.1) is 5.10 Å². The average Bonchev–Trinajstić information content (AvgIpc) is 2.66. The lowest BCUT2D eigenvalue weighted by molar-refractivity contribution is 0.314. The van der Waals surface area contributed by atoms with E-state index in [1.54, 1.807) is 0 Å². The fourth-order valence-electron chi connectivity index (χ4n) is 1.50. The van der Waals surface area contributed by atoms with Gasteiger partial charge in [0, 0.05) is 37.7 Å². The lowest BCUT2D eigenvalue weighted by Gasteiger charge is -2.25. The van der Waals surface area contributed by atoms with Crippen molar-refractivity contribution >= 4 is 23.7 Å². The first-order valence-electron chi connectivity index (χ1n) is 5.06. The third kappa shape index (κ3) is 3.28. The molecule has 0 aliphatic carbocycles. The minimum absolute atomic E-state index is 0.354. The highest BCUT2D eigenvalue weighted by Crippen LogP contribution is 2.08. The molecule has 0 radical (unpaired) electrons. The number of rotatable bonds is 4. The van der Waals surface area contributed by atoms with Gasteiger partial charge in [0.2, 0.25) is 11.9 Å². The van der Waals surface area contributed by atoms with Crippen LogP contribution in [0.25, 0.3) is 0 Å². The number of hydrogen-bond acceptors (Lipinski definition) is 6. The summed E-state index contributed by atoms with van der Waals surface area (Å²) in [4.78, 5) is 6.41. The molecule has 1 aliphatic heterocycles. The summed E-state index contributed by atoms with van der Waals surface area (Å²) in [7, 11) is 0. The van der Waals surface area contributed by atoms with Crippen LogP contribution in [0.1, 0.15) is 0 Å². The molecule has 0 unspecified atom stereocenters. The van der Waals surface area contributed by atoms with Crippen LogP contribution in [0.3, 0.4) is 0 Å². The van der Waals surface area contributed by atoms with Crippen molar-refractivity contribution in [2.75, 3.05) is 48.7 Å². The van der Waals surface area contributed by atoms with Gasteiger partial charge in [0.05, 0.1) is 0 Å². The number of nitrogens with two attached hydrogens (primary N) is 1. The molecule has 6 nitrogen and oxygen atoms in total. The van der Waals surface area contributed by atoms with Gasteiger partial charge in [-0.2, -0.15) is 16.7 Å². The molecule has 1 saturated heterocycles. The summed E-state index contributed by atoms with van der Waals surface area (Å²) in [6.45, 7) is 4.27. The Bertz CT molecular complexity index is 295. The van der Waals surface area contributed by atoms with E-state index in [1.807, 2.05) is 11.8 Å². The van der Waals surface area contributed by atoms with Crippen molar-refractivity contribution in [1.82, 2.24) is 20.1 Å². The monoisotopic (exact) mass is 228 g/mol. The number of nitrogens with zero attached hydrogens (tertiary/aromatic N) is 3. The van der Waals surface area contributed by atoms with E-state index in [1.165, 1.54) is 24.6 Å². The minimum Gasteiger partial charge on any atom is -0.368 e. The van der Waals surface area contributed by atoms with Gasteiger partial charge in [-0.05, 0) is 0 Å². The van der Waals surface area contributed by atoms with Crippen molar-refractivity contribution < 1.29 is 0 Å². The van der Waals surface area contributed by atoms with Crippen LogP contribution >= 0.6 is 11.8 Å². The predicted octanol–water partition coefficient (Wildman–Crippen LogP) is -0.152. The summed E-state index contributed by atoms with van der Waals surface area (Å²) in [6, 6.07) is 0. The number of aromatic nitrogens is 3. The Kier molecular flexibility index (Phi) is 3.68. The SMILES string of the molecule is Nc1nc(NCCN2CCSCC2)n[nH]1. The second-order valence-corrected chi connectivity index (χ2v) is 4.65. The molecule has 1 aliphatic rings. The van der Waals surface area contributed by atoms with Crippen LogP contribution in [-0.4, -0.2) is 57.8 Å². The molecule has 0 saturated carbocycles. The molecule has 84 valence electrons. The summed E-state index contributed by atoms with van der Waals surface area (Å²) in [5, 5.41) is 9.63. The normalized spacial score (nSPS) is 17.9. The maximum atomic E-state index is 5.41. The third-order valence-electron chi connectivity index (χ3n) is 2.32. The standard InChI is InChI=1S/C8H16N6S/c9-7-11-8(13-12-7)10-1-2-14-3-5-15-6-4-14/h1-6H2,(H4,9,10,11,12,13). The van der Waals surface area contributed by atoms with Crippen molar-refractivity contribution in [3.8, 4) is 0 Å². The van der Waals surface area contributed by atoms with Crippen molar-refractivity contribution in [2.24, 2.45) is 0 Å². The third-order valence-corrected chi connectivity index (χ3v) is 3.26. The van der Waals surface area contributed by atoms with Crippen LogP contribution < -0.4 is 11.1 Å². The smallest absolute Gasteiger partial charge is 0.243 e. The topological polar surface area (TPSA) is 82.9 Å². The number of aromatic amines is 1. The van der Waals surface area contributed by atoms with Crippen molar-refractivity contribution in [3.05, 3.63) is 0 Å². The van der Waals surface area contributed by atoms with Gasteiger partial charge in [0.25, 0.3) is 0 Å². The lowest BCUT2D eigenvalue weighted by Crippen LogP contribution is -2.36. The Labute approximate surface area is 93.0 Å². The number of anilines is 2. The molecular weight excluding hydrogens is 212 g/mol. The number of thioether (sulfide) groups is 1. The Morgan fingerprint density at radius 1 is 1.47 bits per heavy atom. The van der Waals surface area contributed by atoms with E-state index in [4.69, 9.17) is 5.73 Å². The van der Waals surface area contributed by atoms with Gasteiger partial charge in [-0.3, -0.25) is 4.90 Å². The fraction of sp³-hybridized carbons (Fsp3) is 0.750. The van der Waals surface area contributed by atoms with E-state index in [-0.39, 0.29) is 0 Å². The Morgan fingerprint density at radius 2 is 2.27 bits per heavy atom. The summed E-state index contributed by atoms with van der Waals surface area (Å²) in [6.07, 6.45) is 0. The van der Waals surface area contributed by atoms with Gasteiger partial charge in [0.15, 0.2) is 0 Å². The van der Waals surface area contributed by atoms with Crippen molar-refractivity contribution in [1.29, 1.82) is 0 Å². The number of nitrogens with one attached hydrogen (secondary N) is 2. The Morgan fingerprint density at radius 3 is 2.93 bits per heavy atom. The van der Waals surface area contributed by atoms with E-state index in [2.05, 4.69) is 25.4 Å². The molecular formula is C8H16N6S. The molecule has 0 amide bonds. The number of hydrogen-bond donors (Lipinski definition) is 3. The molecule has 2 heterocycles. The number of H-pyrrole nitrogens is 1. The largest absolute Gasteiger partial charge is 0.368 e. The Hall–Kier alpha value is -0.950. The average molecular weight is 228 g/mol. The molecule has 0 atom stereocenters. The zero-order chi connectivity index (χ0) is 10.5. The van der Waals surface area contributed by atoms with E-state index in [0.29, 0.717) is 11.9 Å². The summed E-state index contributed by atoms with van der Waals surface area (Å²) < 4.78 is 0. The van der Waals surface area contributed by atoms with Crippen LogP contribution in [0.4, 0.5) is 11.9 Å². The van der Waals surface area contributed by atoms with Crippen LogP contribution in [-0.2, 0) is 0 Å². The molecule has 0 spiro atoms. The molecule has 4 N–H and O–H groups in total. The predicted molar refractivity (Wildman–Crippen MR) is 63.0 cm³/mol. The second kappa shape index (κ2) is 5.22. The van der Waals surface area contributed by atoms with E-state index >= 15 is 0 Å². The van der Waals surface area contributed by atoms with Gasteiger partial charge >= 0.3 is 0 Å². The first-order chi connectivity index (χ1) is 7.34. The van der Waals surface area contributed by atoms with Gasteiger partial charge in [0.1, 0.15) is 0 Å². The van der Waals surface area contributed by atoms with Crippen LogP contribution in [0.5, 0.6) is 0 Å². The van der Waals surface area contributed by atoms with Crippen LogP contribution in [0.15, 0.2) is 0 Å². The lowest BCUT2D eigenvalue weighted by atomic mass is 10.4. The van der Waals surface area contributed by atoms with Gasteiger partial charge in [-0.1, -0.05) is 0 Å². The highest BCUT2D eigenvalue weighted by atomic mass is 32.2. The second-order valence-electron chi connectivity index (χ2n) is 3.43. The molecule has 15 heavy (non-hydrogen) atoms. The van der Waals surface area contributed by atoms with E-state index in [9.17, 15) is 0 Å². The molecule has 0 bridgehead atoms. The minimum atomic E-state index is 0.354. The van der Waals surface area contributed by atoms with Crippen LogP contribution in [0, 0.1) is 0 Å². The summed E-state index contributed by atoms with van der Waals surface area (Å²) in [5.41, 5.74) is 5.41. The van der Waals surface area contributed by atoms with Gasteiger partial charge in [-0.25, -0.2) is 5.10 Å². The highest BCUT2D eigenvalue weighted by molar-refractivity contribution is 7.99. The molecule has 1 fully saturated rings. The van der Waals surface area contributed by atoms with Crippen LogP contribution in [0.2, 0.25) is 0 Å². The zero-order valence-electron chi connectivity index (χ0n) is 8.57. The Balaban J connectivity index is 1.65. The molecule has 1 aromatic rings. The molecule has 0 aromatic carbocycles. The summed E-state index contributed by atoms with van der Waals surface area (Å²) >= 11 is 2.02. The van der Waals surface area contributed by atoms with E-state index < -0.39 is 0 Å². The maximum absolute atomic E-state index is 5.41. The first kappa shape index (κ1) is 10.6.